The van der Waals surface area contributed by atoms with Crippen LogP contribution in [0.1, 0.15) is 151 Å². The Morgan fingerprint density at radius 2 is 1.64 bits per heavy atom. The van der Waals surface area contributed by atoms with Crippen LogP contribution in [0.4, 0.5) is 0 Å². The first-order valence-electron chi connectivity index (χ1n) is 28.9. The summed E-state index contributed by atoms with van der Waals surface area (Å²) >= 11 is 0. The lowest BCUT2D eigenvalue weighted by molar-refractivity contribution is -0.265. The second-order valence-corrected chi connectivity index (χ2v) is 22.6. The topological polar surface area (TPSA) is 253 Å². The number of esters is 1. The number of ketones is 3. The molecule has 2 aromatic rings. The number of nitrogens with zero attached hydrogens (tertiary/aromatic N) is 3. The van der Waals surface area contributed by atoms with Gasteiger partial charge in [-0.3, -0.25) is 24.0 Å². The Labute approximate surface area is 473 Å². The van der Waals surface area contributed by atoms with E-state index in [-0.39, 0.29) is 73.7 Å². The summed E-state index contributed by atoms with van der Waals surface area (Å²) in [6, 6.07) is 8.14. The highest BCUT2D eigenvalue weighted by Gasteiger charge is 2.50. The molecule has 1 aliphatic heterocycles. The maximum absolute atomic E-state index is 13.9. The first kappa shape index (κ1) is 67.4. The SMILES string of the molecule is C=CC(C)CC(C)C(=O)C(OC)C(O)C(C)/C=C(\C)C(=O)CC(OC(=O)CCCCCNC(=O)C(=O)C1(O)OC(CC(Cn2c(=O)n(-c3ccccc3)c(=O)n2C(C)C=CCC)OC)CCC1C)C(C)CC1CCC(O)C(OC)C1. The summed E-state index contributed by atoms with van der Waals surface area (Å²) in [6.45, 7) is 18.3. The van der Waals surface area contributed by atoms with E-state index in [0.29, 0.717) is 69.0 Å². The van der Waals surface area contributed by atoms with Crippen molar-refractivity contribution in [3.63, 3.8) is 0 Å². The molecule has 80 heavy (non-hydrogen) atoms. The summed E-state index contributed by atoms with van der Waals surface area (Å²) in [5.74, 6) is -7.35. The summed E-state index contributed by atoms with van der Waals surface area (Å²) in [6.07, 6.45) is 7.64. The monoisotopic (exact) mass is 1120 g/mol. The van der Waals surface area contributed by atoms with E-state index in [4.69, 9.17) is 23.7 Å². The molecular weight excluding hydrogens is 1030 g/mol. The lowest BCUT2D eigenvalue weighted by Crippen LogP contribution is -2.57. The average Bonchev–Trinajstić information content (AvgIpc) is 3.71. The van der Waals surface area contributed by atoms with Crippen LogP contribution >= 0.6 is 0 Å². The Morgan fingerprint density at radius 3 is 2.27 bits per heavy atom. The molecule has 1 amide bonds. The van der Waals surface area contributed by atoms with Crippen molar-refractivity contribution in [1.82, 2.24) is 19.2 Å². The number of hydrogen-bond donors (Lipinski definition) is 4. The minimum atomic E-state index is -2.44. The van der Waals surface area contributed by atoms with Gasteiger partial charge in [0.05, 0.1) is 48.8 Å². The average molecular weight is 1120 g/mol. The number of para-hydroxylation sites is 1. The minimum Gasteiger partial charge on any atom is -0.462 e. The van der Waals surface area contributed by atoms with E-state index in [2.05, 4.69) is 11.9 Å². The number of Topliss-reactive ketones (excluding diaryl/α,β-unsaturated/α-hetero) is 3. The molecule has 1 aliphatic carbocycles. The predicted octanol–water partition coefficient (Wildman–Crippen LogP) is 6.93. The number of carbonyl (C=O) groups is 5. The van der Waals surface area contributed by atoms with Crippen molar-refractivity contribution in [2.45, 2.75) is 206 Å². The minimum absolute atomic E-state index is 0.0234. The van der Waals surface area contributed by atoms with Crippen molar-refractivity contribution in [1.29, 1.82) is 0 Å². The van der Waals surface area contributed by atoms with Crippen molar-refractivity contribution < 1.29 is 63.0 Å². The fraction of sp³-hybridized carbons (Fsp3) is 0.689. The highest BCUT2D eigenvalue weighted by Crippen LogP contribution is 2.36. The number of amides is 1. The Kier molecular flexibility index (Phi) is 27.3. The van der Waals surface area contributed by atoms with Crippen molar-refractivity contribution in [2.24, 2.45) is 35.5 Å². The van der Waals surface area contributed by atoms with E-state index >= 15 is 0 Å². The van der Waals surface area contributed by atoms with E-state index in [9.17, 15) is 48.9 Å². The van der Waals surface area contributed by atoms with Gasteiger partial charge < -0.3 is 44.3 Å². The predicted molar refractivity (Wildman–Crippen MR) is 304 cm³/mol. The number of unbranched alkanes of at least 4 members (excludes halogenated alkanes) is 2. The van der Waals surface area contributed by atoms with Gasteiger partial charge in [0.2, 0.25) is 5.79 Å². The zero-order chi connectivity index (χ0) is 59.4. The molecule has 4 rings (SSSR count). The van der Waals surface area contributed by atoms with Crippen LogP contribution < -0.4 is 16.7 Å². The van der Waals surface area contributed by atoms with E-state index in [1.807, 2.05) is 39.8 Å². The number of carbonyl (C=O) groups excluding carboxylic acids is 5. The normalized spacial score (nSPS) is 24.2. The highest BCUT2D eigenvalue weighted by atomic mass is 16.6. The van der Waals surface area contributed by atoms with E-state index in [1.54, 1.807) is 77.3 Å². The molecule has 2 fully saturated rings. The first-order valence-corrected chi connectivity index (χ1v) is 28.9. The number of benzene rings is 1. The first-order chi connectivity index (χ1) is 38.0. The zero-order valence-corrected chi connectivity index (χ0v) is 49.4. The summed E-state index contributed by atoms with van der Waals surface area (Å²) in [5, 5.41) is 36.0. The molecule has 1 saturated heterocycles. The van der Waals surface area contributed by atoms with Gasteiger partial charge in [-0.05, 0) is 114 Å². The fourth-order valence-electron chi connectivity index (χ4n) is 11.1. The summed E-state index contributed by atoms with van der Waals surface area (Å²) in [4.78, 5) is 95.4. The van der Waals surface area contributed by atoms with Gasteiger partial charge in [-0.2, -0.15) is 0 Å². The van der Waals surface area contributed by atoms with Crippen LogP contribution in [-0.4, -0.2) is 135 Å². The summed E-state index contributed by atoms with van der Waals surface area (Å²) < 4.78 is 32.8. The molecular formula is C61H94N4O15. The van der Waals surface area contributed by atoms with Gasteiger partial charge in [0.15, 0.2) is 11.6 Å². The third kappa shape index (κ3) is 18.4. The molecule has 2 heterocycles. The quantitative estimate of drug-likeness (QED) is 0.0182. The number of ether oxygens (including phenoxy) is 5. The van der Waals surface area contributed by atoms with Gasteiger partial charge in [-0.25, -0.2) is 23.5 Å². The second kappa shape index (κ2) is 32.5. The van der Waals surface area contributed by atoms with Crippen molar-refractivity contribution in [2.75, 3.05) is 27.9 Å². The molecule has 1 aromatic heterocycles. The van der Waals surface area contributed by atoms with Crippen LogP contribution in [0.2, 0.25) is 0 Å². The Bertz CT molecular complexity index is 2520. The molecule has 448 valence electrons. The molecule has 1 aromatic carbocycles. The van der Waals surface area contributed by atoms with Crippen LogP contribution in [0.25, 0.3) is 5.69 Å². The van der Waals surface area contributed by atoms with Gasteiger partial charge in [-0.15, -0.1) is 6.58 Å². The van der Waals surface area contributed by atoms with Gasteiger partial charge >= 0.3 is 17.3 Å². The number of nitrogens with one attached hydrogen (secondary N) is 1. The van der Waals surface area contributed by atoms with E-state index < -0.39 is 89.3 Å². The number of allylic oxidation sites excluding steroid dienone is 4. The molecule has 2 aliphatic rings. The van der Waals surface area contributed by atoms with Crippen LogP contribution in [0.15, 0.2) is 76.4 Å². The summed E-state index contributed by atoms with van der Waals surface area (Å²) in [5.41, 5.74) is -0.320. The van der Waals surface area contributed by atoms with E-state index in [0.717, 1.165) is 17.4 Å². The smallest absolute Gasteiger partial charge is 0.352 e. The number of aromatic nitrogens is 3. The molecule has 0 bridgehead atoms. The molecule has 0 radical (unpaired) electrons. The van der Waals surface area contributed by atoms with Crippen molar-refractivity contribution >= 4 is 29.2 Å². The molecule has 0 spiro atoms. The van der Waals surface area contributed by atoms with Crippen LogP contribution in [0.5, 0.6) is 0 Å². The van der Waals surface area contributed by atoms with Gasteiger partial charge in [0, 0.05) is 64.9 Å². The number of aliphatic hydroxyl groups is 3. The molecule has 1 saturated carbocycles. The van der Waals surface area contributed by atoms with Crippen LogP contribution in [-0.2, 0) is 54.2 Å². The third-order valence-electron chi connectivity index (χ3n) is 16.3. The standard InChI is InChI=1S/C61H94N4O15/c1-13-15-22-44(9)65-60(74)64(46-23-18-16-19-24-46)59(73)63(65)37-48(76-10)35-47-28-26-43(8)61(75,80-47)57(71)58(72)62-30-21-17-20-25-53(68)79-51(40(5)33-45-27-29-49(66)52(34-45)77-11)36-50(67)39(4)32-42(7)55(70)56(78-12)54(69)41(6)31-38(3)14-2/h14-16,18-19,22-24,32,38,40-45,47-49,51-52,55-56,66,70,75H,2,13,17,20-21,25-31,33-37H2,1,3-12H3,(H,62,72)/b22-15?,39-32+. The molecule has 4 N–H and O–H groups in total. The number of rotatable bonds is 34. The Morgan fingerprint density at radius 1 is 0.938 bits per heavy atom. The van der Waals surface area contributed by atoms with Crippen LogP contribution in [0, 0.1) is 35.5 Å². The van der Waals surface area contributed by atoms with Gasteiger partial charge in [-0.1, -0.05) is 90.5 Å². The fourth-order valence-corrected chi connectivity index (χ4v) is 11.1. The number of methoxy groups -OCH3 is 3. The number of hydrogen-bond acceptors (Lipinski definition) is 15. The Balaban J connectivity index is 1.34. The van der Waals surface area contributed by atoms with E-state index in [1.165, 1.54) is 23.6 Å². The third-order valence-corrected chi connectivity index (χ3v) is 16.3. The lowest BCUT2D eigenvalue weighted by atomic mass is 9.78. The van der Waals surface area contributed by atoms with Crippen LogP contribution in [0.3, 0.4) is 0 Å². The second-order valence-electron chi connectivity index (χ2n) is 22.6. The molecule has 15 atom stereocenters. The molecule has 19 heteroatoms. The Hall–Kier alpha value is -5.15. The van der Waals surface area contributed by atoms with Gasteiger partial charge in [0.1, 0.15) is 12.2 Å². The maximum Gasteiger partial charge on any atom is 0.352 e. The largest absolute Gasteiger partial charge is 0.462 e. The molecule has 15 unspecified atom stereocenters. The highest BCUT2D eigenvalue weighted by molar-refractivity contribution is 6.38. The van der Waals surface area contributed by atoms with Crippen molar-refractivity contribution in [3.8, 4) is 5.69 Å². The summed E-state index contributed by atoms with van der Waals surface area (Å²) in [7, 11) is 4.41. The maximum atomic E-state index is 13.9. The molecule has 19 nitrogen and oxygen atoms in total. The van der Waals surface area contributed by atoms with Crippen molar-refractivity contribution in [3.05, 3.63) is 87.8 Å². The lowest BCUT2D eigenvalue weighted by Gasteiger charge is -2.41. The zero-order valence-electron chi connectivity index (χ0n) is 49.4. The van der Waals surface area contributed by atoms with Gasteiger partial charge in [0.25, 0.3) is 11.7 Å². The number of aliphatic hydroxyl groups excluding tert-OH is 2.